The molecule has 0 unspecified atom stereocenters. The van der Waals surface area contributed by atoms with E-state index < -0.39 is 29.2 Å². The largest absolute Gasteiger partial charge is 0.465 e. The number of hydrogen-bond donors (Lipinski definition) is 0. The Balaban J connectivity index is 1.98. The number of esters is 1. The molecule has 2 aliphatic heterocycles. The number of allylic oxidation sites excluding steroid dienone is 6. The van der Waals surface area contributed by atoms with Crippen molar-refractivity contribution < 1.29 is 23.9 Å². The molecular formula is C23H25ClO5. The van der Waals surface area contributed by atoms with E-state index in [-0.39, 0.29) is 10.8 Å². The Morgan fingerprint density at radius 1 is 1.34 bits per heavy atom. The highest BCUT2D eigenvalue weighted by atomic mass is 35.5. The van der Waals surface area contributed by atoms with Crippen molar-refractivity contribution >= 4 is 29.1 Å². The van der Waals surface area contributed by atoms with Gasteiger partial charge in [0.1, 0.15) is 17.5 Å². The molecule has 154 valence electrons. The Labute approximate surface area is 175 Å². The van der Waals surface area contributed by atoms with Gasteiger partial charge in [-0.1, -0.05) is 49.6 Å². The zero-order chi connectivity index (χ0) is 21.5. The minimum Gasteiger partial charge on any atom is -0.465 e. The fourth-order valence-corrected chi connectivity index (χ4v) is 4.35. The third-order valence-electron chi connectivity index (χ3n) is 5.77. The standard InChI is InChI=1S/C23H25ClO5/c1-6-12(2)9-13(3)7-8-15-10-16-17(11-28-15)19-18(14(4)25)22(27)29-23(19,5)21(26)20(16)24/h7-12,18-19H,6H2,1-5H3/b8-7+,13-9?/t12-,18-,19-,23+/m0/s1. The van der Waals surface area contributed by atoms with Crippen LogP contribution in [0.4, 0.5) is 0 Å². The minimum absolute atomic E-state index is 0.0203. The van der Waals surface area contributed by atoms with Gasteiger partial charge in [-0.3, -0.25) is 14.4 Å². The van der Waals surface area contributed by atoms with E-state index in [0.29, 0.717) is 22.8 Å². The van der Waals surface area contributed by atoms with Gasteiger partial charge < -0.3 is 9.47 Å². The number of carbonyl (C=O) groups excluding carboxylic acids is 3. The second-order valence-corrected chi connectivity index (χ2v) is 8.40. The van der Waals surface area contributed by atoms with E-state index in [9.17, 15) is 14.4 Å². The lowest BCUT2D eigenvalue weighted by Gasteiger charge is -2.36. The van der Waals surface area contributed by atoms with E-state index in [4.69, 9.17) is 21.1 Å². The molecule has 3 rings (SSSR count). The van der Waals surface area contributed by atoms with Gasteiger partial charge in [0, 0.05) is 11.1 Å². The van der Waals surface area contributed by atoms with Gasteiger partial charge in [-0.2, -0.15) is 0 Å². The summed E-state index contributed by atoms with van der Waals surface area (Å²) in [5.41, 5.74) is 0.600. The van der Waals surface area contributed by atoms with Crippen LogP contribution in [0.2, 0.25) is 0 Å². The topological polar surface area (TPSA) is 69.7 Å². The molecule has 4 atom stereocenters. The number of ether oxygens (including phenoxy) is 2. The molecule has 0 radical (unpaired) electrons. The van der Waals surface area contributed by atoms with Gasteiger partial charge in [0.2, 0.25) is 5.78 Å². The molecule has 0 saturated carbocycles. The van der Waals surface area contributed by atoms with Crippen molar-refractivity contribution in [2.45, 2.75) is 46.6 Å². The molecule has 5 nitrogen and oxygen atoms in total. The summed E-state index contributed by atoms with van der Waals surface area (Å²) in [6.45, 7) is 9.11. The van der Waals surface area contributed by atoms with Crippen molar-refractivity contribution in [2.24, 2.45) is 17.8 Å². The monoisotopic (exact) mass is 416 g/mol. The first-order chi connectivity index (χ1) is 13.6. The van der Waals surface area contributed by atoms with Crippen molar-refractivity contribution in [3.63, 3.8) is 0 Å². The molecule has 0 aromatic heterocycles. The van der Waals surface area contributed by atoms with E-state index in [0.717, 1.165) is 12.0 Å². The quantitative estimate of drug-likeness (QED) is 0.373. The van der Waals surface area contributed by atoms with Crippen LogP contribution in [0.3, 0.4) is 0 Å². The molecule has 0 spiro atoms. The molecule has 0 bridgehead atoms. The van der Waals surface area contributed by atoms with Crippen LogP contribution >= 0.6 is 11.6 Å². The Morgan fingerprint density at radius 3 is 2.66 bits per heavy atom. The molecule has 1 aliphatic carbocycles. The lowest BCUT2D eigenvalue weighted by Crippen LogP contribution is -2.47. The fraction of sp³-hybridized carbons (Fsp3) is 0.435. The number of halogens is 1. The maximum absolute atomic E-state index is 12.9. The molecule has 0 aromatic rings. The summed E-state index contributed by atoms with van der Waals surface area (Å²) in [5, 5.41) is -0.0203. The maximum Gasteiger partial charge on any atom is 0.318 e. The third-order valence-corrected chi connectivity index (χ3v) is 6.15. The Bertz CT molecular complexity index is 933. The molecule has 0 aromatic carbocycles. The molecule has 3 aliphatic rings. The molecule has 1 fully saturated rings. The van der Waals surface area contributed by atoms with E-state index >= 15 is 0 Å². The number of carbonyl (C=O) groups is 3. The molecule has 29 heavy (non-hydrogen) atoms. The summed E-state index contributed by atoms with van der Waals surface area (Å²) in [6.07, 6.45) is 10.1. The van der Waals surface area contributed by atoms with Crippen LogP contribution in [-0.2, 0) is 23.9 Å². The first kappa shape index (κ1) is 21.3. The Morgan fingerprint density at radius 2 is 2.03 bits per heavy atom. The summed E-state index contributed by atoms with van der Waals surface area (Å²) in [6, 6.07) is 0. The van der Waals surface area contributed by atoms with Crippen LogP contribution in [0.5, 0.6) is 0 Å². The molecule has 6 heteroatoms. The van der Waals surface area contributed by atoms with E-state index in [1.54, 1.807) is 12.2 Å². The number of rotatable bonds is 5. The molecular weight excluding hydrogens is 392 g/mol. The molecule has 1 saturated heterocycles. The van der Waals surface area contributed by atoms with Crippen molar-refractivity contribution in [3.8, 4) is 0 Å². The highest BCUT2D eigenvalue weighted by Gasteiger charge is 2.63. The maximum atomic E-state index is 12.9. The van der Waals surface area contributed by atoms with Gasteiger partial charge in [0.25, 0.3) is 0 Å². The van der Waals surface area contributed by atoms with Crippen LogP contribution in [0.15, 0.2) is 58.1 Å². The second-order valence-electron chi connectivity index (χ2n) is 8.02. The van der Waals surface area contributed by atoms with Crippen LogP contribution < -0.4 is 0 Å². The van der Waals surface area contributed by atoms with Crippen LogP contribution in [0.1, 0.15) is 41.0 Å². The van der Waals surface area contributed by atoms with Gasteiger partial charge in [-0.25, -0.2) is 0 Å². The minimum atomic E-state index is -1.50. The van der Waals surface area contributed by atoms with E-state index in [1.807, 2.05) is 13.0 Å². The highest BCUT2D eigenvalue weighted by molar-refractivity contribution is 6.45. The zero-order valence-electron chi connectivity index (χ0n) is 17.2. The first-order valence-corrected chi connectivity index (χ1v) is 10.1. The van der Waals surface area contributed by atoms with Crippen molar-refractivity contribution in [1.82, 2.24) is 0 Å². The van der Waals surface area contributed by atoms with Crippen LogP contribution in [0.25, 0.3) is 0 Å². The number of ketones is 2. The number of hydrogen-bond acceptors (Lipinski definition) is 5. The summed E-state index contributed by atoms with van der Waals surface area (Å²) in [7, 11) is 0. The first-order valence-electron chi connectivity index (χ1n) is 9.73. The van der Waals surface area contributed by atoms with E-state index in [2.05, 4.69) is 19.9 Å². The van der Waals surface area contributed by atoms with E-state index in [1.165, 1.54) is 20.1 Å². The summed E-state index contributed by atoms with van der Waals surface area (Å²) < 4.78 is 11.1. The second kappa shape index (κ2) is 7.79. The van der Waals surface area contributed by atoms with Crippen LogP contribution in [0, 0.1) is 17.8 Å². The van der Waals surface area contributed by atoms with Gasteiger partial charge in [0.15, 0.2) is 5.60 Å². The van der Waals surface area contributed by atoms with Gasteiger partial charge in [-0.15, -0.1) is 0 Å². The highest BCUT2D eigenvalue weighted by Crippen LogP contribution is 2.52. The Hall–Kier alpha value is -2.40. The van der Waals surface area contributed by atoms with Gasteiger partial charge in [-0.05, 0) is 38.8 Å². The van der Waals surface area contributed by atoms with Gasteiger partial charge >= 0.3 is 5.97 Å². The SMILES string of the molecule is CC[C@H](C)C=C(C)/C=C/C1=CC2=C(Cl)C(=O)[C@]3(C)OC(=O)[C@@H](C(C)=O)[C@@H]3C2=CO1. The fourth-order valence-electron chi connectivity index (χ4n) is 4.00. The smallest absolute Gasteiger partial charge is 0.318 e. The van der Waals surface area contributed by atoms with Crippen molar-refractivity contribution in [1.29, 1.82) is 0 Å². The van der Waals surface area contributed by atoms with Crippen molar-refractivity contribution in [3.05, 3.63) is 58.1 Å². The third kappa shape index (κ3) is 3.64. The Kier molecular flexibility index (Phi) is 5.72. The van der Waals surface area contributed by atoms with Crippen LogP contribution in [-0.4, -0.2) is 23.1 Å². The normalized spacial score (nSPS) is 30.3. The summed E-state index contributed by atoms with van der Waals surface area (Å²) in [5.74, 6) is -2.37. The summed E-state index contributed by atoms with van der Waals surface area (Å²) >= 11 is 6.36. The average Bonchev–Trinajstić information content (AvgIpc) is 2.96. The number of Topliss-reactive ketones (excluding diaryl/α,β-unsaturated/α-hetero) is 2. The molecule has 0 N–H and O–H groups in total. The molecule has 2 heterocycles. The average molecular weight is 417 g/mol. The van der Waals surface area contributed by atoms with Gasteiger partial charge in [0.05, 0.1) is 17.2 Å². The summed E-state index contributed by atoms with van der Waals surface area (Å²) in [4.78, 5) is 37.3. The van der Waals surface area contributed by atoms with Crippen molar-refractivity contribution in [2.75, 3.05) is 0 Å². The predicted octanol–water partition coefficient (Wildman–Crippen LogP) is 4.55. The number of fused-ring (bicyclic) bond motifs is 3. The lowest BCUT2D eigenvalue weighted by atomic mass is 9.68. The zero-order valence-corrected chi connectivity index (χ0v) is 18.0. The molecule has 0 amide bonds. The lowest BCUT2D eigenvalue weighted by molar-refractivity contribution is -0.156. The predicted molar refractivity (Wildman–Crippen MR) is 110 cm³/mol.